The molecule has 0 spiro atoms. The van der Waals surface area contributed by atoms with Crippen LogP contribution < -0.4 is 5.32 Å². The smallest absolute Gasteiger partial charge is 0.0830 e. The summed E-state index contributed by atoms with van der Waals surface area (Å²) < 4.78 is 10.8. The monoisotopic (exact) mass is 173 g/mol. The van der Waals surface area contributed by atoms with E-state index in [0.29, 0.717) is 6.10 Å². The molecule has 1 fully saturated rings. The van der Waals surface area contributed by atoms with E-state index in [9.17, 15) is 0 Å². The first kappa shape index (κ1) is 9.96. The summed E-state index contributed by atoms with van der Waals surface area (Å²) in [5.41, 5.74) is 0. The Kier molecular flexibility index (Phi) is 5.32. The average Bonchev–Trinajstić information content (AvgIpc) is 2.57. The molecule has 0 bridgehead atoms. The van der Waals surface area contributed by atoms with Gasteiger partial charge in [-0.15, -0.1) is 0 Å². The van der Waals surface area contributed by atoms with E-state index in [0.717, 1.165) is 39.2 Å². The van der Waals surface area contributed by atoms with Crippen molar-refractivity contribution in [1.29, 1.82) is 0 Å². The van der Waals surface area contributed by atoms with Crippen molar-refractivity contribution in [2.24, 2.45) is 0 Å². The van der Waals surface area contributed by atoms with E-state index in [-0.39, 0.29) is 0 Å². The fourth-order valence-electron chi connectivity index (χ4n) is 1.30. The minimum absolute atomic E-state index is 0.375. The van der Waals surface area contributed by atoms with Crippen LogP contribution in [0.1, 0.15) is 19.3 Å². The normalized spacial score (nSPS) is 23.2. The molecule has 1 heterocycles. The lowest BCUT2D eigenvalue weighted by Gasteiger charge is -2.08. The highest BCUT2D eigenvalue weighted by atomic mass is 16.5. The molecule has 1 saturated heterocycles. The average molecular weight is 173 g/mol. The third-order valence-electron chi connectivity index (χ3n) is 2.06. The van der Waals surface area contributed by atoms with Crippen molar-refractivity contribution in [3.8, 4) is 0 Å². The van der Waals surface area contributed by atoms with Crippen LogP contribution in [0.5, 0.6) is 0 Å². The van der Waals surface area contributed by atoms with Crippen LogP contribution in [-0.4, -0.2) is 39.5 Å². The molecule has 3 heteroatoms. The third kappa shape index (κ3) is 4.04. The minimum atomic E-state index is 0.375. The van der Waals surface area contributed by atoms with Crippen LogP contribution in [0.4, 0.5) is 0 Å². The summed E-state index contributed by atoms with van der Waals surface area (Å²) in [5.74, 6) is 0. The number of ether oxygens (including phenoxy) is 2. The van der Waals surface area contributed by atoms with Crippen LogP contribution in [-0.2, 0) is 9.47 Å². The Bertz CT molecular complexity index is 103. The van der Waals surface area contributed by atoms with Gasteiger partial charge in [-0.25, -0.2) is 0 Å². The van der Waals surface area contributed by atoms with Gasteiger partial charge in [0.25, 0.3) is 0 Å². The lowest BCUT2D eigenvalue weighted by molar-refractivity contribution is 0.0409. The maximum atomic E-state index is 5.60. The molecule has 0 amide bonds. The van der Waals surface area contributed by atoms with Gasteiger partial charge in [-0.3, -0.25) is 0 Å². The lowest BCUT2D eigenvalue weighted by Crippen LogP contribution is -2.14. The lowest BCUT2D eigenvalue weighted by atomic mass is 10.3. The van der Waals surface area contributed by atoms with Crippen LogP contribution in [0, 0.1) is 0 Å². The highest BCUT2D eigenvalue weighted by molar-refractivity contribution is 4.62. The first-order valence-corrected chi connectivity index (χ1v) is 4.77. The molecule has 0 aromatic rings. The highest BCUT2D eigenvalue weighted by Crippen LogP contribution is 2.08. The standard InChI is InChI=1S/C9H19NO2/c1-10-5-2-3-6-12-9-4-7-11-8-9/h9-10H,2-8H2,1H3. The van der Waals surface area contributed by atoms with E-state index >= 15 is 0 Å². The zero-order valence-corrected chi connectivity index (χ0v) is 7.84. The molecule has 0 aliphatic carbocycles. The molecule has 72 valence electrons. The van der Waals surface area contributed by atoms with Gasteiger partial charge < -0.3 is 14.8 Å². The molecule has 1 rings (SSSR count). The summed E-state index contributed by atoms with van der Waals surface area (Å²) in [5, 5.41) is 3.12. The van der Waals surface area contributed by atoms with E-state index in [1.807, 2.05) is 7.05 Å². The molecular formula is C9H19NO2. The summed E-state index contributed by atoms with van der Waals surface area (Å²) in [4.78, 5) is 0. The molecule has 1 aliphatic rings. The first-order chi connectivity index (χ1) is 5.93. The third-order valence-corrected chi connectivity index (χ3v) is 2.06. The molecule has 12 heavy (non-hydrogen) atoms. The Morgan fingerprint density at radius 2 is 2.42 bits per heavy atom. The maximum Gasteiger partial charge on any atom is 0.0830 e. The summed E-state index contributed by atoms with van der Waals surface area (Å²) in [6, 6.07) is 0. The van der Waals surface area contributed by atoms with E-state index < -0.39 is 0 Å². The summed E-state index contributed by atoms with van der Waals surface area (Å²) in [6.45, 7) is 3.65. The second-order valence-electron chi connectivity index (χ2n) is 3.17. The van der Waals surface area contributed by atoms with E-state index in [2.05, 4.69) is 5.32 Å². The van der Waals surface area contributed by atoms with Gasteiger partial charge in [0.2, 0.25) is 0 Å². The summed E-state index contributed by atoms with van der Waals surface area (Å²) in [6.07, 6.45) is 3.80. The molecule has 1 aliphatic heterocycles. The van der Waals surface area contributed by atoms with Crippen LogP contribution in [0.25, 0.3) is 0 Å². The quantitative estimate of drug-likeness (QED) is 0.602. The maximum absolute atomic E-state index is 5.60. The molecule has 0 aromatic heterocycles. The number of rotatable bonds is 6. The van der Waals surface area contributed by atoms with Crippen molar-refractivity contribution in [2.45, 2.75) is 25.4 Å². The van der Waals surface area contributed by atoms with Crippen molar-refractivity contribution < 1.29 is 9.47 Å². The van der Waals surface area contributed by atoms with E-state index in [1.165, 1.54) is 6.42 Å². The van der Waals surface area contributed by atoms with Gasteiger partial charge in [0.05, 0.1) is 12.7 Å². The van der Waals surface area contributed by atoms with Gasteiger partial charge in [-0.05, 0) is 32.9 Å². The summed E-state index contributed by atoms with van der Waals surface area (Å²) >= 11 is 0. The molecular weight excluding hydrogens is 154 g/mol. The summed E-state index contributed by atoms with van der Waals surface area (Å²) in [7, 11) is 1.98. The second-order valence-corrected chi connectivity index (χ2v) is 3.17. The topological polar surface area (TPSA) is 30.5 Å². The zero-order valence-electron chi connectivity index (χ0n) is 7.84. The SMILES string of the molecule is CNCCCCOC1CCOC1. The predicted molar refractivity (Wildman–Crippen MR) is 48.3 cm³/mol. The molecule has 0 aromatic carbocycles. The Hall–Kier alpha value is -0.120. The van der Waals surface area contributed by atoms with Crippen LogP contribution in [0.3, 0.4) is 0 Å². The van der Waals surface area contributed by atoms with Gasteiger partial charge in [0.15, 0.2) is 0 Å². The molecule has 0 radical (unpaired) electrons. The van der Waals surface area contributed by atoms with Crippen LogP contribution in [0.2, 0.25) is 0 Å². The minimum Gasteiger partial charge on any atom is -0.379 e. The number of unbranched alkanes of at least 4 members (excludes halogenated alkanes) is 1. The van der Waals surface area contributed by atoms with Gasteiger partial charge in [0, 0.05) is 13.2 Å². The van der Waals surface area contributed by atoms with Crippen LogP contribution in [0.15, 0.2) is 0 Å². The largest absolute Gasteiger partial charge is 0.379 e. The molecule has 3 nitrogen and oxygen atoms in total. The first-order valence-electron chi connectivity index (χ1n) is 4.77. The van der Waals surface area contributed by atoms with Crippen molar-refractivity contribution in [2.75, 3.05) is 33.4 Å². The zero-order chi connectivity index (χ0) is 8.65. The number of nitrogens with one attached hydrogen (secondary N) is 1. The fraction of sp³-hybridized carbons (Fsp3) is 1.00. The Morgan fingerprint density at radius 3 is 3.08 bits per heavy atom. The number of hydrogen-bond acceptors (Lipinski definition) is 3. The fourth-order valence-corrected chi connectivity index (χ4v) is 1.30. The Morgan fingerprint density at radius 1 is 1.50 bits per heavy atom. The number of hydrogen-bond donors (Lipinski definition) is 1. The van der Waals surface area contributed by atoms with Crippen LogP contribution >= 0.6 is 0 Å². The van der Waals surface area contributed by atoms with E-state index in [1.54, 1.807) is 0 Å². The molecule has 0 saturated carbocycles. The molecule has 1 atom stereocenters. The Labute approximate surface area is 74.4 Å². The Balaban J connectivity index is 1.81. The van der Waals surface area contributed by atoms with Gasteiger partial charge >= 0.3 is 0 Å². The van der Waals surface area contributed by atoms with Gasteiger partial charge in [0.1, 0.15) is 0 Å². The van der Waals surface area contributed by atoms with Crippen molar-refractivity contribution in [1.82, 2.24) is 5.32 Å². The van der Waals surface area contributed by atoms with Crippen molar-refractivity contribution in [3.63, 3.8) is 0 Å². The molecule has 1 unspecified atom stereocenters. The van der Waals surface area contributed by atoms with Crippen molar-refractivity contribution in [3.05, 3.63) is 0 Å². The van der Waals surface area contributed by atoms with Gasteiger partial charge in [-0.2, -0.15) is 0 Å². The second kappa shape index (κ2) is 6.40. The molecule has 1 N–H and O–H groups in total. The van der Waals surface area contributed by atoms with E-state index in [4.69, 9.17) is 9.47 Å². The highest BCUT2D eigenvalue weighted by Gasteiger charge is 2.14. The van der Waals surface area contributed by atoms with Crippen molar-refractivity contribution >= 4 is 0 Å². The van der Waals surface area contributed by atoms with Gasteiger partial charge in [-0.1, -0.05) is 0 Å². The predicted octanol–water partition coefficient (Wildman–Crippen LogP) is 0.791.